The molecule has 3 aliphatic heterocycles. The van der Waals surface area contributed by atoms with Gasteiger partial charge in [0.15, 0.2) is 0 Å². The zero-order valence-corrected chi connectivity index (χ0v) is 44.3. The number of aliphatic hydroxyl groups excluding tert-OH is 1. The molecule has 3 fully saturated rings. The van der Waals surface area contributed by atoms with Crippen LogP contribution < -0.4 is 26.3 Å². The van der Waals surface area contributed by atoms with Crippen LogP contribution in [0.5, 0.6) is 0 Å². The highest BCUT2D eigenvalue weighted by Crippen LogP contribution is 2.42. The average Bonchev–Trinajstić information content (AvgIpc) is 3.95. The van der Waals surface area contributed by atoms with E-state index >= 15 is 8.78 Å². The lowest BCUT2D eigenvalue weighted by molar-refractivity contribution is -0.221. The molecule has 18 nitrogen and oxygen atoms in total. The minimum absolute atomic E-state index is 0.150. The molecule has 4 amide bonds. The van der Waals surface area contributed by atoms with Gasteiger partial charge in [-0.15, -0.1) is 0 Å². The van der Waals surface area contributed by atoms with Gasteiger partial charge in [-0.05, 0) is 88.4 Å². The first-order valence-corrected chi connectivity index (χ1v) is 25.3. The monoisotopic (exact) mass is 1140 g/mol. The summed E-state index contributed by atoms with van der Waals surface area (Å²) in [6.45, 7) is 2.32. The first-order chi connectivity index (χ1) is 37.5. The van der Waals surface area contributed by atoms with E-state index in [4.69, 9.17) is 9.72 Å². The van der Waals surface area contributed by atoms with E-state index in [0.29, 0.717) is 67.5 Å². The number of amides is 4. The highest BCUT2D eigenvalue weighted by Gasteiger charge is 2.57. The van der Waals surface area contributed by atoms with Gasteiger partial charge in [-0.25, -0.2) is 37.1 Å². The Hall–Kier alpha value is -6.78. The van der Waals surface area contributed by atoms with Crippen LogP contribution in [0.3, 0.4) is 0 Å². The Bertz CT molecular complexity index is 2780. The number of anilines is 1. The Kier molecular flexibility index (Phi) is 18.7. The normalized spacial score (nSPS) is 18.8. The minimum atomic E-state index is -5.22. The highest BCUT2D eigenvalue weighted by molar-refractivity contribution is 5.87. The number of fused-ring (bicyclic) bond motifs is 2. The molecule has 3 saturated heterocycles. The number of pyridine rings is 1. The number of ether oxygens (including phenoxy) is 3. The Balaban J connectivity index is 1.20. The van der Waals surface area contributed by atoms with Crippen LogP contribution >= 0.6 is 0 Å². The second kappa shape index (κ2) is 24.5. The smallest absolute Gasteiger partial charge is 0.407 e. The minimum Gasteiger partial charge on any atom is -0.453 e. The molecular formula is C52H62F10N10O8. The summed E-state index contributed by atoms with van der Waals surface area (Å²) in [5.41, 5.74) is -3.71. The number of aromatic nitrogens is 3. The molecule has 0 saturated carbocycles. The second-order valence-corrected chi connectivity index (χ2v) is 21.1. The van der Waals surface area contributed by atoms with Crippen molar-refractivity contribution < 1.29 is 82.4 Å². The number of nitrogens with zero attached hydrogens (tertiary/aromatic N) is 6. The van der Waals surface area contributed by atoms with Crippen LogP contribution in [0.1, 0.15) is 51.7 Å². The third-order valence-electron chi connectivity index (χ3n) is 14.9. The lowest BCUT2D eigenvalue weighted by atomic mass is 9.82. The van der Waals surface area contributed by atoms with Crippen molar-refractivity contribution in [3.8, 4) is 22.4 Å². The molecule has 5 N–H and O–H groups in total. The van der Waals surface area contributed by atoms with Crippen molar-refractivity contribution in [3.05, 3.63) is 89.8 Å². The second-order valence-electron chi connectivity index (χ2n) is 21.1. The molecule has 80 heavy (non-hydrogen) atoms. The van der Waals surface area contributed by atoms with Gasteiger partial charge in [0.25, 0.3) is 12.3 Å². The number of alkyl halides is 8. The molecular weight excluding hydrogens is 1080 g/mol. The molecule has 438 valence electrons. The molecule has 2 aromatic heterocycles. The van der Waals surface area contributed by atoms with Crippen LogP contribution in [0.4, 0.5) is 59.3 Å². The zero-order chi connectivity index (χ0) is 58.6. The van der Waals surface area contributed by atoms with Gasteiger partial charge in [0, 0.05) is 67.3 Å². The lowest BCUT2D eigenvalue weighted by Gasteiger charge is -2.48. The van der Waals surface area contributed by atoms with Gasteiger partial charge in [-0.3, -0.25) is 24.6 Å². The van der Waals surface area contributed by atoms with E-state index in [2.05, 4.69) is 35.1 Å². The number of hydrogen-bond donors (Lipinski definition) is 5. The van der Waals surface area contributed by atoms with Crippen molar-refractivity contribution in [1.82, 2.24) is 46.0 Å². The molecule has 6 atom stereocenters. The Morgan fingerprint density at radius 2 is 1.31 bits per heavy atom. The standard InChI is InChI=1S/C52H62F10N10O8/c1-49(2,51(57,58)59)43(65-47(76)78-5)45(74)64-39(17-28-7-9-29(10-8-28)30-11-14-42(63-20-30)69-21-32-12-13-33(22-69)72(32)34-26-80-27-34)40(73)24-71(68-46(75)44(66-48(77)79-6)50(3,4)52(60,61)62)23-35-36(53)18-31(19-37(35)54)38-15-16-70(67-38)25-41(55)56/h7-11,14-16,18-20,32-34,39-41,43-44,73H,12-13,17,21-27H2,1-6H3,(H,64,74)(H,65,76)(H,66,77)(H,68,75). The van der Waals surface area contributed by atoms with Gasteiger partial charge in [0.05, 0.1) is 62.1 Å². The molecule has 5 heterocycles. The van der Waals surface area contributed by atoms with Crippen LogP contribution in [0, 0.1) is 22.5 Å². The number of carbonyl (C=O) groups excluding carboxylic acids is 4. The van der Waals surface area contributed by atoms with Crippen LogP contribution in [0.15, 0.2) is 67.0 Å². The number of nitrogens with one attached hydrogen (secondary N) is 4. The van der Waals surface area contributed by atoms with Crippen molar-refractivity contribution in [2.45, 2.75) is 121 Å². The number of piperazine rings is 1. The number of hydrogen-bond acceptors (Lipinski definition) is 13. The Labute approximate surface area is 453 Å². The first-order valence-electron chi connectivity index (χ1n) is 25.3. The maximum absolute atomic E-state index is 16.1. The number of carbonyl (C=O) groups is 4. The number of methoxy groups -OCH3 is 2. The average molecular weight is 1150 g/mol. The molecule has 0 spiro atoms. The predicted octanol–water partition coefficient (Wildman–Crippen LogP) is 6.76. The Morgan fingerprint density at radius 3 is 1.80 bits per heavy atom. The number of benzene rings is 2. The van der Waals surface area contributed by atoms with Crippen LogP contribution in [-0.2, 0) is 43.3 Å². The molecule has 0 aliphatic carbocycles. The summed E-state index contributed by atoms with van der Waals surface area (Å²) in [5.74, 6) is -5.15. The van der Waals surface area contributed by atoms with Crippen LogP contribution in [0.2, 0.25) is 0 Å². The van der Waals surface area contributed by atoms with Gasteiger partial charge in [-0.1, -0.05) is 24.3 Å². The highest BCUT2D eigenvalue weighted by atomic mass is 19.4. The van der Waals surface area contributed by atoms with Gasteiger partial charge < -0.3 is 40.2 Å². The van der Waals surface area contributed by atoms with Crippen molar-refractivity contribution in [3.63, 3.8) is 0 Å². The van der Waals surface area contributed by atoms with E-state index in [1.807, 2.05) is 17.4 Å². The van der Waals surface area contributed by atoms with Gasteiger partial charge in [-0.2, -0.15) is 31.4 Å². The first kappa shape index (κ1) is 60.9. The molecule has 2 bridgehead atoms. The summed E-state index contributed by atoms with van der Waals surface area (Å²) in [6.07, 6.45) is -13.8. The summed E-state index contributed by atoms with van der Waals surface area (Å²) in [6, 6.07) is 7.32. The molecule has 3 aliphatic rings. The Morgan fingerprint density at radius 1 is 0.762 bits per heavy atom. The number of halogens is 10. The number of rotatable bonds is 21. The largest absolute Gasteiger partial charge is 0.453 e. The van der Waals surface area contributed by atoms with Crippen LogP contribution in [-0.4, -0.2) is 162 Å². The van der Waals surface area contributed by atoms with Crippen molar-refractivity contribution in [1.29, 1.82) is 0 Å². The molecule has 0 radical (unpaired) electrons. The van der Waals surface area contributed by atoms with E-state index in [-0.39, 0.29) is 11.3 Å². The summed E-state index contributed by atoms with van der Waals surface area (Å²) >= 11 is 0. The number of aliphatic hydroxyl groups is 1. The molecule has 28 heteroatoms. The van der Waals surface area contributed by atoms with E-state index in [1.165, 1.54) is 6.07 Å². The topological polar surface area (TPSA) is 205 Å². The third kappa shape index (κ3) is 13.9. The van der Waals surface area contributed by atoms with Crippen LogP contribution in [0.25, 0.3) is 22.4 Å². The lowest BCUT2D eigenvalue weighted by Crippen LogP contribution is -2.63. The van der Waals surface area contributed by atoms with E-state index < -0.39 is 121 Å². The van der Waals surface area contributed by atoms with Gasteiger partial charge in [0.1, 0.15) is 36.1 Å². The van der Waals surface area contributed by atoms with Crippen molar-refractivity contribution in [2.24, 2.45) is 10.8 Å². The van der Waals surface area contributed by atoms with Gasteiger partial charge >= 0.3 is 24.5 Å². The number of alkyl carbamates (subject to hydrolysis) is 2. The zero-order valence-electron chi connectivity index (χ0n) is 44.3. The molecule has 2 aromatic carbocycles. The summed E-state index contributed by atoms with van der Waals surface area (Å²) in [4.78, 5) is 62.6. The maximum Gasteiger partial charge on any atom is 0.407 e. The van der Waals surface area contributed by atoms with E-state index in [1.54, 1.807) is 35.8 Å². The molecule has 7 rings (SSSR count). The SMILES string of the molecule is COC(=O)NC(C(=O)NC(Cc1ccc(-c2ccc(N3CC4CCC(C3)N4C3COC3)nc2)cc1)C(O)CN(Cc1c(F)cc(-c2ccn(CC(F)F)n2)cc1F)NC(=O)C(NC(=O)OC)C(C)(C)C(F)(F)F)C(C)(C)C(F)(F)F. The quantitative estimate of drug-likeness (QED) is 0.0433. The number of hydrazine groups is 1. The van der Waals surface area contributed by atoms with Crippen molar-refractivity contribution >= 4 is 29.8 Å². The molecule has 6 unspecified atom stereocenters. The van der Waals surface area contributed by atoms with Crippen molar-refractivity contribution in [2.75, 3.05) is 52.0 Å². The maximum atomic E-state index is 16.1. The predicted molar refractivity (Wildman–Crippen MR) is 267 cm³/mol. The van der Waals surface area contributed by atoms with E-state index in [0.717, 1.165) is 82.2 Å². The third-order valence-corrected chi connectivity index (χ3v) is 14.9. The van der Waals surface area contributed by atoms with E-state index in [9.17, 15) is 59.4 Å². The summed E-state index contributed by atoms with van der Waals surface area (Å²) < 4.78 is 161. The summed E-state index contributed by atoms with van der Waals surface area (Å²) in [5, 5.41) is 22.6. The fraction of sp³-hybridized carbons (Fsp3) is 0.538. The summed E-state index contributed by atoms with van der Waals surface area (Å²) in [7, 11) is 1.62. The molecule has 4 aromatic rings. The fourth-order valence-corrected chi connectivity index (χ4v) is 9.90. The van der Waals surface area contributed by atoms with Gasteiger partial charge in [0.2, 0.25) is 5.91 Å². The fourth-order valence-electron chi connectivity index (χ4n) is 9.90.